The first-order valence-corrected chi connectivity index (χ1v) is 8.97. The summed E-state index contributed by atoms with van der Waals surface area (Å²) >= 11 is 6.25. The van der Waals surface area contributed by atoms with Crippen LogP contribution in [-0.4, -0.2) is 41.9 Å². The third-order valence-corrected chi connectivity index (χ3v) is 5.13. The Hall–Kier alpha value is -1.59. The van der Waals surface area contributed by atoms with Crippen molar-refractivity contribution in [1.82, 2.24) is 10.2 Å². The highest BCUT2D eigenvalue weighted by Gasteiger charge is 2.32. The average Bonchev–Trinajstić information content (AvgIpc) is 2.87. The molecule has 2 aliphatic rings. The van der Waals surface area contributed by atoms with E-state index in [1.165, 1.54) is 6.42 Å². The maximum atomic E-state index is 12.9. The third-order valence-electron chi connectivity index (χ3n) is 4.80. The number of hydrogen-bond acceptors (Lipinski definition) is 3. The van der Waals surface area contributed by atoms with Crippen LogP contribution in [0.15, 0.2) is 18.2 Å². The molecule has 2 fully saturated rings. The highest BCUT2D eigenvalue weighted by molar-refractivity contribution is 6.34. The Morgan fingerprint density at radius 2 is 2.00 bits per heavy atom. The normalized spacial score (nSPS) is 23.2. The summed E-state index contributed by atoms with van der Waals surface area (Å²) in [5.41, 5.74) is 1.06. The standard InChI is InChI=1S/C18H24ClN3O2/c1-11(2)17(23)21-13-5-6-16(19)15(9-13)18(24)22-8-7-12-3-4-14(10-22)20-12/h5-6,9,11-12,14,20H,3-4,7-8,10H2,1-2H3,(H,21,23). The van der Waals surface area contributed by atoms with Gasteiger partial charge in [0, 0.05) is 36.8 Å². The molecular weight excluding hydrogens is 326 g/mol. The van der Waals surface area contributed by atoms with Crippen molar-refractivity contribution in [3.05, 3.63) is 28.8 Å². The van der Waals surface area contributed by atoms with Gasteiger partial charge in [-0.3, -0.25) is 9.59 Å². The Labute approximate surface area is 147 Å². The molecular formula is C18H24ClN3O2. The van der Waals surface area contributed by atoms with Crippen LogP contribution in [0.2, 0.25) is 5.02 Å². The molecule has 5 nitrogen and oxygen atoms in total. The van der Waals surface area contributed by atoms with Gasteiger partial charge in [-0.1, -0.05) is 25.4 Å². The zero-order valence-electron chi connectivity index (χ0n) is 14.1. The van der Waals surface area contributed by atoms with E-state index in [2.05, 4.69) is 10.6 Å². The van der Waals surface area contributed by atoms with E-state index in [1.54, 1.807) is 18.2 Å². The molecule has 2 N–H and O–H groups in total. The molecule has 6 heteroatoms. The smallest absolute Gasteiger partial charge is 0.255 e. The van der Waals surface area contributed by atoms with E-state index in [0.717, 1.165) is 19.4 Å². The molecule has 2 heterocycles. The maximum Gasteiger partial charge on any atom is 0.255 e. The van der Waals surface area contributed by atoms with Gasteiger partial charge >= 0.3 is 0 Å². The SMILES string of the molecule is CC(C)C(=O)Nc1ccc(Cl)c(C(=O)N2CCC3CCC(C2)N3)c1. The Balaban J connectivity index is 1.77. The van der Waals surface area contributed by atoms with Crippen molar-refractivity contribution in [2.24, 2.45) is 5.92 Å². The van der Waals surface area contributed by atoms with Gasteiger partial charge in [0.25, 0.3) is 5.91 Å². The fourth-order valence-corrected chi connectivity index (χ4v) is 3.55. The second-order valence-electron chi connectivity index (χ2n) is 7.02. The van der Waals surface area contributed by atoms with Gasteiger partial charge in [0.05, 0.1) is 10.6 Å². The van der Waals surface area contributed by atoms with Crippen LogP contribution < -0.4 is 10.6 Å². The zero-order valence-corrected chi connectivity index (χ0v) is 14.9. The van der Waals surface area contributed by atoms with E-state index in [9.17, 15) is 9.59 Å². The number of anilines is 1. The van der Waals surface area contributed by atoms with Crippen LogP contribution in [0, 0.1) is 5.92 Å². The summed E-state index contributed by atoms with van der Waals surface area (Å²) in [5, 5.41) is 6.82. The summed E-state index contributed by atoms with van der Waals surface area (Å²) in [5.74, 6) is -0.255. The van der Waals surface area contributed by atoms with Gasteiger partial charge in [-0.05, 0) is 37.5 Å². The van der Waals surface area contributed by atoms with E-state index in [-0.39, 0.29) is 17.7 Å². The van der Waals surface area contributed by atoms with E-state index >= 15 is 0 Å². The summed E-state index contributed by atoms with van der Waals surface area (Å²) < 4.78 is 0. The number of amides is 2. The second-order valence-corrected chi connectivity index (χ2v) is 7.42. The van der Waals surface area contributed by atoms with Crippen LogP contribution >= 0.6 is 11.6 Å². The lowest BCUT2D eigenvalue weighted by molar-refractivity contribution is -0.118. The summed E-state index contributed by atoms with van der Waals surface area (Å²) in [6.45, 7) is 5.12. The van der Waals surface area contributed by atoms with Gasteiger partial charge in [-0.25, -0.2) is 0 Å². The quantitative estimate of drug-likeness (QED) is 0.882. The fraction of sp³-hybridized carbons (Fsp3) is 0.556. The van der Waals surface area contributed by atoms with Crippen LogP contribution in [0.1, 0.15) is 43.5 Å². The van der Waals surface area contributed by atoms with Gasteiger partial charge in [-0.2, -0.15) is 0 Å². The van der Waals surface area contributed by atoms with Gasteiger partial charge in [-0.15, -0.1) is 0 Å². The molecule has 2 bridgehead atoms. The van der Waals surface area contributed by atoms with E-state index in [1.807, 2.05) is 18.7 Å². The van der Waals surface area contributed by atoms with Crippen LogP contribution in [0.4, 0.5) is 5.69 Å². The van der Waals surface area contributed by atoms with E-state index in [0.29, 0.717) is 34.9 Å². The summed E-state index contributed by atoms with van der Waals surface area (Å²) in [4.78, 5) is 26.7. The molecule has 0 saturated carbocycles. The molecule has 1 aromatic rings. The number of nitrogens with zero attached hydrogens (tertiary/aromatic N) is 1. The minimum Gasteiger partial charge on any atom is -0.337 e. The highest BCUT2D eigenvalue weighted by Crippen LogP contribution is 2.26. The number of halogens is 1. The van der Waals surface area contributed by atoms with Gasteiger partial charge in [0.2, 0.25) is 5.91 Å². The largest absolute Gasteiger partial charge is 0.337 e. The molecule has 1 aromatic carbocycles. The number of carbonyl (C=O) groups is 2. The summed E-state index contributed by atoms with van der Waals surface area (Å²) in [6, 6.07) is 5.99. The summed E-state index contributed by atoms with van der Waals surface area (Å²) in [6.07, 6.45) is 3.29. The number of carbonyl (C=O) groups excluding carboxylic acids is 2. The molecule has 0 aromatic heterocycles. The van der Waals surface area contributed by atoms with Crippen LogP contribution in [-0.2, 0) is 4.79 Å². The van der Waals surface area contributed by atoms with Crippen molar-refractivity contribution in [1.29, 1.82) is 0 Å². The lowest BCUT2D eigenvalue weighted by Crippen LogP contribution is -2.39. The first kappa shape index (κ1) is 17.2. The number of benzene rings is 1. The molecule has 0 aliphatic carbocycles. The molecule has 24 heavy (non-hydrogen) atoms. The number of fused-ring (bicyclic) bond motifs is 2. The van der Waals surface area contributed by atoms with Crippen molar-refractivity contribution in [3.8, 4) is 0 Å². The Kier molecular flexibility index (Phi) is 5.11. The van der Waals surface area contributed by atoms with Crippen LogP contribution in [0.3, 0.4) is 0 Å². The predicted octanol–water partition coefficient (Wildman–Crippen LogP) is 2.90. The Morgan fingerprint density at radius 1 is 1.25 bits per heavy atom. The molecule has 0 radical (unpaired) electrons. The molecule has 2 saturated heterocycles. The highest BCUT2D eigenvalue weighted by atomic mass is 35.5. The molecule has 2 aliphatic heterocycles. The number of rotatable bonds is 3. The average molecular weight is 350 g/mol. The van der Waals surface area contributed by atoms with Crippen molar-refractivity contribution in [3.63, 3.8) is 0 Å². The number of hydrogen-bond donors (Lipinski definition) is 2. The van der Waals surface area contributed by atoms with Gasteiger partial charge in [0.15, 0.2) is 0 Å². The van der Waals surface area contributed by atoms with Gasteiger partial charge in [0.1, 0.15) is 0 Å². The first-order chi connectivity index (χ1) is 11.4. The predicted molar refractivity (Wildman–Crippen MR) is 95.4 cm³/mol. The zero-order chi connectivity index (χ0) is 17.3. The number of likely N-dealkylation sites (tertiary alicyclic amines) is 1. The van der Waals surface area contributed by atoms with Crippen molar-refractivity contribution in [2.45, 2.75) is 45.2 Å². The third kappa shape index (κ3) is 3.73. The molecule has 2 unspecified atom stereocenters. The van der Waals surface area contributed by atoms with Crippen LogP contribution in [0.25, 0.3) is 0 Å². The van der Waals surface area contributed by atoms with E-state index in [4.69, 9.17) is 11.6 Å². The molecule has 0 spiro atoms. The fourth-order valence-electron chi connectivity index (χ4n) is 3.35. The van der Waals surface area contributed by atoms with Crippen molar-refractivity contribution in [2.75, 3.05) is 18.4 Å². The van der Waals surface area contributed by atoms with Crippen LogP contribution in [0.5, 0.6) is 0 Å². The Bertz CT molecular complexity index is 647. The molecule has 3 rings (SSSR count). The number of nitrogens with one attached hydrogen (secondary N) is 2. The lowest BCUT2D eigenvalue weighted by Gasteiger charge is -2.25. The molecule has 2 amide bonds. The van der Waals surface area contributed by atoms with Crippen molar-refractivity contribution >= 4 is 29.1 Å². The second kappa shape index (κ2) is 7.11. The lowest BCUT2D eigenvalue weighted by atomic mass is 10.1. The van der Waals surface area contributed by atoms with E-state index < -0.39 is 0 Å². The van der Waals surface area contributed by atoms with Gasteiger partial charge < -0.3 is 15.5 Å². The first-order valence-electron chi connectivity index (χ1n) is 8.60. The molecule has 130 valence electrons. The Morgan fingerprint density at radius 3 is 2.75 bits per heavy atom. The minimum atomic E-state index is -0.118. The topological polar surface area (TPSA) is 61.4 Å². The molecule has 2 atom stereocenters. The summed E-state index contributed by atoms with van der Waals surface area (Å²) in [7, 11) is 0. The minimum absolute atomic E-state index is 0.0602. The monoisotopic (exact) mass is 349 g/mol. The van der Waals surface area contributed by atoms with Crippen molar-refractivity contribution < 1.29 is 9.59 Å². The maximum absolute atomic E-state index is 12.9.